The molecule has 0 amide bonds. The molecule has 220 valence electrons. The van der Waals surface area contributed by atoms with Gasteiger partial charge in [-0.2, -0.15) is 0 Å². The second kappa shape index (κ2) is 11.3. The van der Waals surface area contributed by atoms with Crippen LogP contribution in [0.1, 0.15) is 0 Å². The predicted octanol–water partition coefficient (Wildman–Crippen LogP) is 9.91. The number of hydrogen-bond donors (Lipinski definition) is 0. The summed E-state index contributed by atoms with van der Waals surface area (Å²) in [5.41, 5.74) is 6.38. The van der Waals surface area contributed by atoms with Crippen molar-refractivity contribution in [3.63, 3.8) is 0 Å². The zero-order chi connectivity index (χ0) is 31.2. The van der Waals surface area contributed by atoms with Gasteiger partial charge in [-0.05, 0) is 23.8 Å². The zero-order valence-electron chi connectivity index (χ0n) is 24.9. The SMILES string of the molecule is c1ccc(-c2nc(-c3ccccc3)nc(-c3cccc(-c4cccc5cnc(-c6cc7sc8ccccc8c7cn6)nc45)c3)n2)cc1. The molecule has 4 aromatic heterocycles. The number of nitrogens with zero attached hydrogens (tertiary/aromatic N) is 6. The highest BCUT2D eigenvalue weighted by Crippen LogP contribution is 2.36. The summed E-state index contributed by atoms with van der Waals surface area (Å²) in [4.78, 5) is 29.3. The van der Waals surface area contributed by atoms with E-state index in [-0.39, 0.29) is 0 Å². The molecular formula is C40H24N6S. The van der Waals surface area contributed by atoms with E-state index in [1.54, 1.807) is 11.3 Å². The Bertz CT molecular complexity index is 2520. The number of fused-ring (bicyclic) bond motifs is 4. The van der Waals surface area contributed by atoms with Gasteiger partial charge in [-0.3, -0.25) is 4.98 Å². The fraction of sp³-hybridized carbons (Fsp3) is 0. The van der Waals surface area contributed by atoms with Crippen molar-refractivity contribution < 1.29 is 0 Å². The Morgan fingerprint density at radius 3 is 1.81 bits per heavy atom. The van der Waals surface area contributed by atoms with Gasteiger partial charge < -0.3 is 0 Å². The first-order valence-corrected chi connectivity index (χ1v) is 16.1. The van der Waals surface area contributed by atoms with Crippen LogP contribution in [-0.4, -0.2) is 29.9 Å². The van der Waals surface area contributed by atoms with Crippen LogP contribution in [0, 0.1) is 0 Å². The first-order valence-electron chi connectivity index (χ1n) is 15.3. The van der Waals surface area contributed by atoms with Gasteiger partial charge >= 0.3 is 0 Å². The molecule has 0 saturated carbocycles. The molecule has 7 heteroatoms. The third-order valence-electron chi connectivity index (χ3n) is 8.23. The number of hydrogen-bond acceptors (Lipinski definition) is 7. The largest absolute Gasteiger partial charge is 0.252 e. The van der Waals surface area contributed by atoms with Crippen LogP contribution in [0.3, 0.4) is 0 Å². The Hall–Kier alpha value is -6.18. The smallest absolute Gasteiger partial charge is 0.178 e. The lowest BCUT2D eigenvalue weighted by Gasteiger charge is -2.11. The van der Waals surface area contributed by atoms with Gasteiger partial charge in [0.1, 0.15) is 5.69 Å². The Labute approximate surface area is 274 Å². The number of aromatic nitrogens is 6. The van der Waals surface area contributed by atoms with E-state index in [1.165, 1.54) is 14.8 Å². The minimum Gasteiger partial charge on any atom is -0.252 e. The maximum absolute atomic E-state index is 5.08. The van der Waals surface area contributed by atoms with Crippen molar-refractivity contribution in [2.75, 3.05) is 0 Å². The lowest BCUT2D eigenvalue weighted by Crippen LogP contribution is -2.00. The number of para-hydroxylation sites is 1. The monoisotopic (exact) mass is 620 g/mol. The Balaban J connectivity index is 1.15. The van der Waals surface area contributed by atoms with Crippen LogP contribution in [0.4, 0.5) is 0 Å². The molecule has 0 aliphatic heterocycles. The summed E-state index contributed by atoms with van der Waals surface area (Å²) in [6, 6.07) is 45.0. The van der Waals surface area contributed by atoms with Gasteiger partial charge in [0.2, 0.25) is 0 Å². The molecule has 0 spiro atoms. The van der Waals surface area contributed by atoms with Crippen LogP contribution < -0.4 is 0 Å². The van der Waals surface area contributed by atoms with Gasteiger partial charge in [0.15, 0.2) is 23.3 Å². The number of thiophene rings is 1. The molecule has 0 aliphatic rings. The molecule has 6 nitrogen and oxygen atoms in total. The van der Waals surface area contributed by atoms with Gasteiger partial charge in [0.05, 0.1) is 5.52 Å². The lowest BCUT2D eigenvalue weighted by molar-refractivity contribution is 1.07. The first kappa shape index (κ1) is 27.2. The average molecular weight is 621 g/mol. The molecule has 0 atom stereocenters. The molecular weight excluding hydrogens is 597 g/mol. The number of benzene rings is 5. The van der Waals surface area contributed by atoms with Crippen molar-refractivity contribution in [1.29, 1.82) is 0 Å². The van der Waals surface area contributed by atoms with E-state index >= 15 is 0 Å². The van der Waals surface area contributed by atoms with Crippen molar-refractivity contribution in [2.45, 2.75) is 0 Å². The first-order chi connectivity index (χ1) is 23.3. The normalized spacial score (nSPS) is 11.4. The van der Waals surface area contributed by atoms with E-state index in [0.717, 1.165) is 49.8 Å². The van der Waals surface area contributed by atoms with Crippen LogP contribution in [0.5, 0.6) is 0 Å². The fourth-order valence-corrected chi connectivity index (χ4v) is 7.03. The molecule has 0 unspecified atom stereocenters. The van der Waals surface area contributed by atoms with Gasteiger partial charge in [0, 0.05) is 60.2 Å². The highest BCUT2D eigenvalue weighted by atomic mass is 32.1. The quantitative estimate of drug-likeness (QED) is 0.191. The highest BCUT2D eigenvalue weighted by molar-refractivity contribution is 7.25. The molecule has 0 fully saturated rings. The van der Waals surface area contributed by atoms with Crippen molar-refractivity contribution in [1.82, 2.24) is 29.9 Å². The molecule has 47 heavy (non-hydrogen) atoms. The molecule has 9 aromatic rings. The highest BCUT2D eigenvalue weighted by Gasteiger charge is 2.15. The maximum Gasteiger partial charge on any atom is 0.178 e. The summed E-state index contributed by atoms with van der Waals surface area (Å²) in [6.07, 6.45) is 3.82. The Morgan fingerprint density at radius 2 is 1.04 bits per heavy atom. The molecule has 0 aliphatic carbocycles. The standard InChI is InChI=1S/C40H24N6S/c1-3-11-25(12-4-1)37-44-38(26-13-5-2-6-14-26)46-39(45-37)28-16-9-15-27(21-28)30-19-10-17-29-23-42-40(43-36(29)30)33-22-35-32(24-41-33)31-18-7-8-20-34(31)47-35/h1-24H. The van der Waals surface area contributed by atoms with Crippen molar-refractivity contribution in [3.05, 3.63) is 146 Å². The van der Waals surface area contributed by atoms with E-state index in [9.17, 15) is 0 Å². The summed E-state index contributed by atoms with van der Waals surface area (Å²) in [5, 5.41) is 3.33. The van der Waals surface area contributed by atoms with Crippen molar-refractivity contribution in [2.24, 2.45) is 0 Å². The topological polar surface area (TPSA) is 77.3 Å². The van der Waals surface area contributed by atoms with Crippen LogP contribution in [-0.2, 0) is 0 Å². The van der Waals surface area contributed by atoms with Crippen LogP contribution in [0.2, 0.25) is 0 Å². The van der Waals surface area contributed by atoms with Gasteiger partial charge in [-0.25, -0.2) is 24.9 Å². The minimum absolute atomic E-state index is 0.595. The number of rotatable bonds is 5. The minimum atomic E-state index is 0.595. The van der Waals surface area contributed by atoms with Crippen LogP contribution in [0.15, 0.2) is 146 Å². The molecule has 9 rings (SSSR count). The Morgan fingerprint density at radius 1 is 0.404 bits per heavy atom. The van der Waals surface area contributed by atoms with Crippen LogP contribution >= 0.6 is 11.3 Å². The predicted molar refractivity (Wildman–Crippen MR) is 191 cm³/mol. The van der Waals surface area contributed by atoms with E-state index in [0.29, 0.717) is 23.3 Å². The maximum atomic E-state index is 5.08. The molecule has 0 bridgehead atoms. The summed E-state index contributed by atoms with van der Waals surface area (Å²) >= 11 is 1.76. The summed E-state index contributed by atoms with van der Waals surface area (Å²) in [6.45, 7) is 0. The van der Waals surface area contributed by atoms with Gasteiger partial charge in [-0.15, -0.1) is 11.3 Å². The van der Waals surface area contributed by atoms with Crippen LogP contribution in [0.25, 0.3) is 87.9 Å². The summed E-state index contributed by atoms with van der Waals surface area (Å²) < 4.78 is 2.41. The van der Waals surface area contributed by atoms with Crippen molar-refractivity contribution >= 4 is 42.4 Å². The van der Waals surface area contributed by atoms with E-state index < -0.39 is 0 Å². The third kappa shape index (κ3) is 4.99. The Kier molecular flexibility index (Phi) is 6.54. The molecule has 0 saturated heterocycles. The second-order valence-electron chi connectivity index (χ2n) is 11.2. The van der Waals surface area contributed by atoms with E-state index in [1.807, 2.05) is 97.3 Å². The number of pyridine rings is 1. The molecule has 0 radical (unpaired) electrons. The third-order valence-corrected chi connectivity index (χ3v) is 9.37. The fourth-order valence-electron chi connectivity index (χ4n) is 5.92. The van der Waals surface area contributed by atoms with E-state index in [4.69, 9.17) is 29.9 Å². The molecule has 4 heterocycles. The summed E-state index contributed by atoms with van der Waals surface area (Å²) in [7, 11) is 0. The lowest BCUT2D eigenvalue weighted by atomic mass is 10.00. The van der Waals surface area contributed by atoms with Gasteiger partial charge in [0.25, 0.3) is 0 Å². The molecule has 0 N–H and O–H groups in total. The zero-order valence-corrected chi connectivity index (χ0v) is 25.8. The summed E-state index contributed by atoms with van der Waals surface area (Å²) in [5.74, 6) is 2.46. The molecule has 5 aromatic carbocycles. The second-order valence-corrected chi connectivity index (χ2v) is 12.3. The van der Waals surface area contributed by atoms with Gasteiger partial charge in [-0.1, -0.05) is 115 Å². The average Bonchev–Trinajstić information content (AvgIpc) is 3.53. The van der Waals surface area contributed by atoms with Crippen molar-refractivity contribution in [3.8, 4) is 56.8 Å². The van der Waals surface area contributed by atoms with E-state index in [2.05, 4.69) is 48.5 Å².